The molecular weight excluding hydrogens is 370 g/mol. The molecule has 5 nitrogen and oxygen atoms in total. The van der Waals surface area contributed by atoms with Gasteiger partial charge in [-0.3, -0.25) is 0 Å². The van der Waals surface area contributed by atoms with Gasteiger partial charge in [0, 0.05) is 16.9 Å². The van der Waals surface area contributed by atoms with Crippen molar-refractivity contribution in [1.29, 1.82) is 0 Å². The predicted molar refractivity (Wildman–Crippen MR) is 106 cm³/mol. The lowest BCUT2D eigenvalue weighted by Crippen LogP contribution is -2.14. The second kappa shape index (κ2) is 8.21. The van der Waals surface area contributed by atoms with Gasteiger partial charge in [-0.1, -0.05) is 23.7 Å². The molecule has 26 heavy (non-hydrogen) atoms. The minimum atomic E-state index is 0.0938. The van der Waals surface area contributed by atoms with E-state index in [0.717, 1.165) is 28.2 Å². The van der Waals surface area contributed by atoms with E-state index in [1.54, 1.807) is 24.4 Å². The highest BCUT2D eigenvalue weighted by Gasteiger charge is 2.06. The standard InChI is InChI=1S/C19H18ClN3O2S/c1-3-23-16(14-5-7-15(20)8-6-14)12-26-19(23)22-21-11-13-4-9-17(24)18(10-13)25-2/h4-12,24H,3H2,1-2H3/b21-11-,22-19-. The monoisotopic (exact) mass is 387 g/mol. The van der Waals surface area contributed by atoms with Gasteiger partial charge in [-0.2, -0.15) is 5.10 Å². The minimum absolute atomic E-state index is 0.0938. The molecule has 1 aromatic heterocycles. The lowest BCUT2D eigenvalue weighted by atomic mass is 10.2. The fourth-order valence-corrected chi connectivity index (χ4v) is 3.54. The van der Waals surface area contributed by atoms with Crippen LogP contribution in [-0.4, -0.2) is 23.0 Å². The first-order valence-electron chi connectivity index (χ1n) is 8.00. The van der Waals surface area contributed by atoms with E-state index in [1.165, 1.54) is 18.4 Å². The quantitative estimate of drug-likeness (QED) is 0.516. The molecule has 7 heteroatoms. The molecule has 3 aromatic rings. The van der Waals surface area contributed by atoms with Gasteiger partial charge in [0.1, 0.15) is 0 Å². The third-order valence-electron chi connectivity index (χ3n) is 3.81. The number of rotatable bonds is 5. The van der Waals surface area contributed by atoms with Crippen LogP contribution in [0.4, 0.5) is 0 Å². The second-order valence-corrected chi connectivity index (χ2v) is 6.70. The molecule has 0 aliphatic heterocycles. The van der Waals surface area contributed by atoms with Crippen molar-refractivity contribution >= 4 is 29.2 Å². The molecule has 134 valence electrons. The fraction of sp³-hybridized carbons (Fsp3) is 0.158. The van der Waals surface area contributed by atoms with Gasteiger partial charge >= 0.3 is 0 Å². The largest absolute Gasteiger partial charge is 0.504 e. The maximum atomic E-state index is 9.63. The maximum absolute atomic E-state index is 9.63. The van der Waals surface area contributed by atoms with Crippen LogP contribution in [0.15, 0.2) is 58.0 Å². The number of aromatic hydroxyl groups is 1. The van der Waals surface area contributed by atoms with Crippen molar-refractivity contribution < 1.29 is 9.84 Å². The van der Waals surface area contributed by atoms with Crippen LogP contribution in [0.2, 0.25) is 5.02 Å². The molecule has 1 heterocycles. The first kappa shape index (κ1) is 18.2. The van der Waals surface area contributed by atoms with Crippen LogP contribution in [0.1, 0.15) is 12.5 Å². The van der Waals surface area contributed by atoms with Crippen LogP contribution >= 0.6 is 22.9 Å². The number of methoxy groups -OCH3 is 1. The van der Waals surface area contributed by atoms with E-state index >= 15 is 0 Å². The Kier molecular flexibility index (Phi) is 5.75. The maximum Gasteiger partial charge on any atom is 0.211 e. The van der Waals surface area contributed by atoms with Crippen LogP contribution in [0.5, 0.6) is 11.5 Å². The van der Waals surface area contributed by atoms with Crippen LogP contribution in [0.3, 0.4) is 0 Å². The van der Waals surface area contributed by atoms with Gasteiger partial charge in [0.25, 0.3) is 0 Å². The van der Waals surface area contributed by atoms with Crippen molar-refractivity contribution in [2.24, 2.45) is 10.2 Å². The summed E-state index contributed by atoms with van der Waals surface area (Å²) in [6, 6.07) is 12.8. The number of benzene rings is 2. The summed E-state index contributed by atoms with van der Waals surface area (Å²) >= 11 is 7.50. The molecular formula is C19H18ClN3O2S. The molecule has 0 atom stereocenters. The average molecular weight is 388 g/mol. The summed E-state index contributed by atoms with van der Waals surface area (Å²) in [5.74, 6) is 0.495. The zero-order valence-corrected chi connectivity index (χ0v) is 16.0. The Bertz CT molecular complexity index is 991. The highest BCUT2D eigenvalue weighted by molar-refractivity contribution is 7.07. The number of aromatic nitrogens is 1. The molecule has 0 radical (unpaired) electrons. The smallest absolute Gasteiger partial charge is 0.211 e. The molecule has 0 saturated heterocycles. The average Bonchev–Trinajstić information content (AvgIpc) is 3.06. The number of thiazole rings is 1. The number of halogens is 1. The molecule has 3 rings (SSSR count). The van der Waals surface area contributed by atoms with Gasteiger partial charge in [0.15, 0.2) is 11.5 Å². The molecule has 0 saturated carbocycles. The minimum Gasteiger partial charge on any atom is -0.504 e. The number of hydrogen-bond acceptors (Lipinski definition) is 5. The third kappa shape index (κ3) is 3.98. The zero-order valence-electron chi connectivity index (χ0n) is 14.4. The van der Waals surface area contributed by atoms with Gasteiger partial charge in [-0.25, -0.2) is 0 Å². The molecule has 0 amide bonds. The summed E-state index contributed by atoms with van der Waals surface area (Å²) in [7, 11) is 1.51. The Morgan fingerprint density at radius 1 is 1.23 bits per heavy atom. The Morgan fingerprint density at radius 3 is 2.69 bits per heavy atom. The van der Waals surface area contributed by atoms with E-state index < -0.39 is 0 Å². The Balaban J connectivity index is 1.91. The van der Waals surface area contributed by atoms with Crippen molar-refractivity contribution in [3.63, 3.8) is 0 Å². The van der Waals surface area contributed by atoms with E-state index in [0.29, 0.717) is 10.8 Å². The van der Waals surface area contributed by atoms with Crippen molar-refractivity contribution in [2.45, 2.75) is 13.5 Å². The zero-order chi connectivity index (χ0) is 18.5. The van der Waals surface area contributed by atoms with E-state index in [9.17, 15) is 5.11 Å². The molecule has 0 unspecified atom stereocenters. The van der Waals surface area contributed by atoms with Crippen molar-refractivity contribution in [3.8, 4) is 22.8 Å². The third-order valence-corrected chi connectivity index (χ3v) is 4.91. The lowest BCUT2D eigenvalue weighted by Gasteiger charge is -2.05. The van der Waals surface area contributed by atoms with Gasteiger partial charge in [0.05, 0.1) is 19.0 Å². The van der Waals surface area contributed by atoms with E-state index in [4.69, 9.17) is 16.3 Å². The summed E-state index contributed by atoms with van der Waals surface area (Å²) in [6.07, 6.45) is 1.63. The first-order valence-corrected chi connectivity index (χ1v) is 9.26. The van der Waals surface area contributed by atoms with Gasteiger partial charge in [-0.15, -0.1) is 16.4 Å². The van der Waals surface area contributed by atoms with Crippen molar-refractivity contribution in [3.05, 3.63) is 63.2 Å². The van der Waals surface area contributed by atoms with Crippen LogP contribution < -0.4 is 9.54 Å². The summed E-state index contributed by atoms with van der Waals surface area (Å²) in [6.45, 7) is 2.85. The summed E-state index contributed by atoms with van der Waals surface area (Å²) < 4.78 is 7.19. The van der Waals surface area contributed by atoms with E-state index in [2.05, 4.69) is 27.1 Å². The summed E-state index contributed by atoms with van der Waals surface area (Å²) in [5, 5.41) is 20.9. The highest BCUT2D eigenvalue weighted by Crippen LogP contribution is 2.25. The molecule has 0 fully saturated rings. The van der Waals surface area contributed by atoms with Crippen LogP contribution in [0, 0.1) is 0 Å². The molecule has 1 N–H and O–H groups in total. The summed E-state index contributed by atoms with van der Waals surface area (Å²) in [5.41, 5.74) is 2.96. The molecule has 0 spiro atoms. The van der Waals surface area contributed by atoms with Crippen molar-refractivity contribution in [2.75, 3.05) is 7.11 Å². The van der Waals surface area contributed by atoms with Crippen LogP contribution in [0.25, 0.3) is 11.3 Å². The Labute approximate surface area is 160 Å². The molecule has 2 aromatic carbocycles. The predicted octanol–water partition coefficient (Wildman–Crippen LogP) is 4.54. The number of ether oxygens (including phenoxy) is 1. The Morgan fingerprint density at radius 2 is 2.00 bits per heavy atom. The number of phenols is 1. The number of hydrogen-bond donors (Lipinski definition) is 1. The van der Waals surface area contributed by atoms with Gasteiger partial charge in [-0.05, 0) is 48.4 Å². The second-order valence-electron chi connectivity index (χ2n) is 5.43. The topological polar surface area (TPSA) is 59.1 Å². The highest BCUT2D eigenvalue weighted by atomic mass is 35.5. The summed E-state index contributed by atoms with van der Waals surface area (Å²) in [4.78, 5) is 0.805. The SMILES string of the molecule is CCn1c(-c2ccc(Cl)cc2)cs/c1=N\N=C/c1ccc(O)c(OC)c1. The first-order chi connectivity index (χ1) is 12.6. The van der Waals surface area contributed by atoms with Gasteiger partial charge in [0.2, 0.25) is 4.80 Å². The van der Waals surface area contributed by atoms with E-state index in [-0.39, 0.29) is 5.75 Å². The van der Waals surface area contributed by atoms with E-state index in [1.807, 2.05) is 24.3 Å². The normalized spacial score (nSPS) is 12.0. The van der Waals surface area contributed by atoms with Crippen molar-refractivity contribution in [1.82, 2.24) is 4.57 Å². The van der Waals surface area contributed by atoms with Gasteiger partial charge < -0.3 is 14.4 Å². The molecule has 0 bridgehead atoms. The van der Waals surface area contributed by atoms with Crippen LogP contribution in [-0.2, 0) is 6.54 Å². The number of nitrogens with zero attached hydrogens (tertiary/aromatic N) is 3. The fourth-order valence-electron chi connectivity index (χ4n) is 2.49. The molecule has 0 aliphatic carbocycles. The molecule has 0 aliphatic rings. The lowest BCUT2D eigenvalue weighted by molar-refractivity contribution is 0.373. The Hall–Kier alpha value is -2.57. The number of phenolic OH excluding ortho intramolecular Hbond substituents is 1.